The quantitative estimate of drug-likeness (QED) is 0.664. The van der Waals surface area contributed by atoms with Gasteiger partial charge in [-0.25, -0.2) is 13.6 Å². The summed E-state index contributed by atoms with van der Waals surface area (Å²) in [6.07, 6.45) is 0.105. The Morgan fingerprint density at radius 3 is 2.58 bits per heavy atom. The van der Waals surface area contributed by atoms with Crippen LogP contribution in [0.3, 0.4) is 0 Å². The molecular formula is C14H17N3O4S3. The number of rotatable bonds is 7. The molecule has 2 aromatic heterocycles. The van der Waals surface area contributed by atoms with Crippen LogP contribution in [-0.4, -0.2) is 20.2 Å². The Morgan fingerprint density at radius 1 is 1.29 bits per heavy atom. The molecule has 2 rings (SSSR count). The Kier molecular flexibility index (Phi) is 6.10. The van der Waals surface area contributed by atoms with Crippen molar-refractivity contribution in [2.45, 2.75) is 30.1 Å². The lowest BCUT2D eigenvalue weighted by Gasteiger charge is -2.16. The van der Waals surface area contributed by atoms with Crippen LogP contribution in [-0.2, 0) is 26.2 Å². The fourth-order valence-corrected chi connectivity index (χ4v) is 4.50. The first kappa shape index (κ1) is 18.6. The van der Waals surface area contributed by atoms with Crippen molar-refractivity contribution in [1.82, 2.24) is 10.6 Å². The molecule has 7 nitrogen and oxygen atoms in total. The Hall–Kier alpha value is -1.75. The van der Waals surface area contributed by atoms with Crippen molar-refractivity contribution in [3.8, 4) is 0 Å². The average molecular weight is 388 g/mol. The number of hydrogen-bond donors (Lipinski definition) is 3. The van der Waals surface area contributed by atoms with Crippen LogP contribution < -0.4 is 15.8 Å². The number of carbonyl (C=O) groups excluding carboxylic acids is 2. The number of carbonyl (C=O) groups is 2. The highest BCUT2D eigenvalue weighted by Gasteiger charge is 2.18. The van der Waals surface area contributed by atoms with Gasteiger partial charge in [0.1, 0.15) is 4.21 Å². The highest BCUT2D eigenvalue weighted by atomic mass is 32.2. The maximum atomic E-state index is 12.1. The third kappa shape index (κ3) is 5.41. The van der Waals surface area contributed by atoms with Crippen LogP contribution in [0.5, 0.6) is 0 Å². The van der Waals surface area contributed by atoms with Crippen LogP contribution in [0.1, 0.15) is 29.1 Å². The summed E-state index contributed by atoms with van der Waals surface area (Å²) in [6, 6.07) is 6.34. The molecule has 0 radical (unpaired) electrons. The van der Waals surface area contributed by atoms with Gasteiger partial charge in [0, 0.05) is 16.7 Å². The van der Waals surface area contributed by atoms with Gasteiger partial charge in [-0.15, -0.1) is 22.7 Å². The zero-order valence-electron chi connectivity index (χ0n) is 12.8. The van der Waals surface area contributed by atoms with Crippen LogP contribution in [0.2, 0.25) is 0 Å². The van der Waals surface area contributed by atoms with Crippen molar-refractivity contribution >= 4 is 44.5 Å². The van der Waals surface area contributed by atoms with Crippen molar-refractivity contribution < 1.29 is 18.0 Å². The molecule has 0 aliphatic heterocycles. The summed E-state index contributed by atoms with van der Waals surface area (Å²) in [5, 5.41) is 12.4. The third-order valence-electron chi connectivity index (χ3n) is 3.03. The molecule has 0 aliphatic rings. The number of sulfonamides is 1. The molecule has 2 heterocycles. The van der Waals surface area contributed by atoms with E-state index in [0.29, 0.717) is 4.88 Å². The zero-order chi connectivity index (χ0) is 17.7. The normalized spacial score (nSPS) is 12.6. The van der Waals surface area contributed by atoms with E-state index in [4.69, 9.17) is 5.14 Å². The molecule has 0 saturated carbocycles. The number of nitrogens with one attached hydrogen (secondary N) is 2. The lowest BCUT2D eigenvalue weighted by molar-refractivity contribution is -0.122. The number of primary sulfonamides is 1. The van der Waals surface area contributed by atoms with Crippen LogP contribution >= 0.6 is 22.7 Å². The van der Waals surface area contributed by atoms with E-state index in [1.807, 2.05) is 17.5 Å². The maximum absolute atomic E-state index is 12.1. The van der Waals surface area contributed by atoms with Gasteiger partial charge in [-0.1, -0.05) is 6.07 Å². The Morgan fingerprint density at radius 2 is 2.04 bits per heavy atom. The second kappa shape index (κ2) is 7.88. The predicted octanol–water partition coefficient (Wildman–Crippen LogP) is 1.34. The van der Waals surface area contributed by atoms with E-state index >= 15 is 0 Å². The highest BCUT2D eigenvalue weighted by Crippen LogP contribution is 2.23. The molecule has 24 heavy (non-hydrogen) atoms. The molecule has 0 aromatic carbocycles. The molecule has 4 N–H and O–H groups in total. The fraction of sp³-hybridized carbons (Fsp3) is 0.286. The molecule has 1 atom stereocenters. The van der Waals surface area contributed by atoms with Crippen molar-refractivity contribution in [3.05, 3.63) is 39.4 Å². The van der Waals surface area contributed by atoms with Crippen molar-refractivity contribution in [1.29, 1.82) is 0 Å². The lowest BCUT2D eigenvalue weighted by atomic mass is 10.1. The second-order valence-corrected chi connectivity index (χ2v) is 8.95. The van der Waals surface area contributed by atoms with Crippen LogP contribution in [0.4, 0.5) is 0 Å². The van der Waals surface area contributed by atoms with Crippen molar-refractivity contribution in [3.63, 3.8) is 0 Å². The molecule has 0 saturated heterocycles. The molecule has 10 heteroatoms. The minimum Gasteiger partial charge on any atom is -0.351 e. The highest BCUT2D eigenvalue weighted by molar-refractivity contribution is 7.91. The Labute approximate surface area is 147 Å². The number of nitrogens with two attached hydrogens (primary N) is 1. The van der Waals surface area contributed by atoms with E-state index in [0.717, 1.165) is 16.2 Å². The summed E-state index contributed by atoms with van der Waals surface area (Å²) in [4.78, 5) is 25.0. The lowest BCUT2D eigenvalue weighted by Crippen LogP contribution is -2.31. The van der Waals surface area contributed by atoms with Gasteiger partial charge in [-0.2, -0.15) is 0 Å². The standard InChI is InChI=1S/C14H17N3O4S3/c1-9(18)17-11(12-3-2-6-22-12)7-13(19)16-8-10-4-5-14(23-10)24(15,20)21/h2-6,11H,7-8H2,1H3,(H,16,19)(H,17,18)(H2,15,20,21)/t11-/m1/s1. The summed E-state index contributed by atoms with van der Waals surface area (Å²) in [5.74, 6) is -0.454. The van der Waals surface area contributed by atoms with Gasteiger partial charge in [0.15, 0.2) is 0 Å². The monoisotopic (exact) mass is 387 g/mol. The SMILES string of the molecule is CC(=O)N[C@H](CC(=O)NCc1ccc(S(N)(=O)=O)s1)c1cccs1. The van der Waals surface area contributed by atoms with Gasteiger partial charge in [0.05, 0.1) is 19.0 Å². The average Bonchev–Trinajstić information content (AvgIpc) is 3.15. The predicted molar refractivity (Wildman–Crippen MR) is 93.0 cm³/mol. The topological polar surface area (TPSA) is 118 Å². The van der Waals surface area contributed by atoms with Crippen molar-refractivity contribution in [2.75, 3.05) is 0 Å². The Bertz CT molecular complexity index is 812. The molecule has 2 aromatic rings. The van der Waals surface area contributed by atoms with E-state index in [1.165, 1.54) is 24.3 Å². The van der Waals surface area contributed by atoms with E-state index in [9.17, 15) is 18.0 Å². The third-order valence-corrected chi connectivity index (χ3v) is 6.54. The summed E-state index contributed by atoms with van der Waals surface area (Å²) in [5.41, 5.74) is 0. The first-order chi connectivity index (χ1) is 11.3. The molecule has 0 aliphatic carbocycles. The molecule has 130 valence electrons. The first-order valence-corrected chi connectivity index (χ1v) is 10.2. The molecule has 0 fully saturated rings. The van der Waals surface area contributed by atoms with Gasteiger partial charge in [0.25, 0.3) is 0 Å². The molecule has 0 bridgehead atoms. The fourth-order valence-electron chi connectivity index (χ4n) is 2.01. The molecule has 0 spiro atoms. The van der Waals surface area contributed by atoms with E-state index in [-0.39, 0.29) is 35.0 Å². The molecule has 2 amide bonds. The van der Waals surface area contributed by atoms with Gasteiger partial charge in [-0.05, 0) is 23.6 Å². The van der Waals surface area contributed by atoms with E-state index in [2.05, 4.69) is 10.6 Å². The number of amides is 2. The minimum atomic E-state index is -3.72. The van der Waals surface area contributed by atoms with Gasteiger partial charge >= 0.3 is 0 Å². The van der Waals surface area contributed by atoms with Crippen molar-refractivity contribution in [2.24, 2.45) is 5.14 Å². The van der Waals surface area contributed by atoms with Gasteiger partial charge in [-0.3, -0.25) is 9.59 Å². The largest absolute Gasteiger partial charge is 0.351 e. The summed E-state index contributed by atoms with van der Waals surface area (Å²) >= 11 is 2.48. The molecular weight excluding hydrogens is 370 g/mol. The second-order valence-electron chi connectivity index (χ2n) is 5.02. The van der Waals surface area contributed by atoms with E-state index in [1.54, 1.807) is 6.07 Å². The summed E-state index contributed by atoms with van der Waals surface area (Å²) < 4.78 is 22.5. The number of hydrogen-bond acceptors (Lipinski definition) is 6. The smallest absolute Gasteiger partial charge is 0.247 e. The first-order valence-electron chi connectivity index (χ1n) is 6.94. The molecule has 0 unspecified atom stereocenters. The maximum Gasteiger partial charge on any atom is 0.247 e. The number of thiophene rings is 2. The van der Waals surface area contributed by atoms with Crippen LogP contribution in [0.25, 0.3) is 0 Å². The van der Waals surface area contributed by atoms with E-state index < -0.39 is 10.0 Å². The van der Waals surface area contributed by atoms with Crippen LogP contribution in [0.15, 0.2) is 33.9 Å². The minimum absolute atomic E-state index is 0.0569. The summed E-state index contributed by atoms with van der Waals surface area (Å²) in [7, 11) is -3.72. The summed E-state index contributed by atoms with van der Waals surface area (Å²) in [6.45, 7) is 1.61. The Balaban J connectivity index is 1.94. The zero-order valence-corrected chi connectivity index (χ0v) is 15.3. The van der Waals surface area contributed by atoms with Crippen LogP contribution in [0, 0.1) is 0 Å². The van der Waals surface area contributed by atoms with Gasteiger partial charge in [0.2, 0.25) is 21.8 Å². The van der Waals surface area contributed by atoms with Gasteiger partial charge < -0.3 is 10.6 Å².